The van der Waals surface area contributed by atoms with E-state index in [4.69, 9.17) is 5.84 Å². The molecule has 102 valence electrons. The van der Waals surface area contributed by atoms with E-state index in [1.165, 1.54) is 5.56 Å². The number of para-hydroxylation sites is 1. The van der Waals surface area contributed by atoms with Gasteiger partial charge < -0.3 is 5.32 Å². The lowest BCUT2D eigenvalue weighted by Crippen LogP contribution is -2.11. The fourth-order valence-electron chi connectivity index (χ4n) is 2.07. The number of hydrogen-bond donors (Lipinski definition) is 4. The second-order valence-electron chi connectivity index (χ2n) is 4.31. The highest BCUT2D eigenvalue weighted by atomic mass is 15.3. The van der Waals surface area contributed by atoms with Crippen LogP contribution in [0.4, 0.5) is 17.5 Å². The summed E-state index contributed by atoms with van der Waals surface area (Å²) in [4.78, 5) is 8.54. The SMILES string of the molecule is CCc1ccccc1Nc1nc(NN)nc2[nH]ncc12. The van der Waals surface area contributed by atoms with Crippen molar-refractivity contribution in [1.29, 1.82) is 0 Å². The third-order valence-electron chi connectivity index (χ3n) is 3.09. The molecule has 0 aliphatic carbocycles. The first-order valence-electron chi connectivity index (χ1n) is 6.34. The van der Waals surface area contributed by atoms with Crippen LogP contribution in [0.1, 0.15) is 12.5 Å². The van der Waals surface area contributed by atoms with Crippen molar-refractivity contribution < 1.29 is 0 Å². The van der Waals surface area contributed by atoms with Gasteiger partial charge in [0.15, 0.2) is 5.65 Å². The van der Waals surface area contributed by atoms with E-state index in [-0.39, 0.29) is 0 Å². The largest absolute Gasteiger partial charge is 0.339 e. The Morgan fingerprint density at radius 1 is 1.25 bits per heavy atom. The van der Waals surface area contributed by atoms with Crippen molar-refractivity contribution in [3.63, 3.8) is 0 Å². The molecule has 0 bridgehead atoms. The lowest BCUT2D eigenvalue weighted by molar-refractivity contribution is 1.08. The Morgan fingerprint density at radius 3 is 2.90 bits per heavy atom. The fraction of sp³-hybridized carbons (Fsp3) is 0.154. The average molecular weight is 269 g/mol. The molecule has 2 heterocycles. The molecule has 5 N–H and O–H groups in total. The Balaban J connectivity index is 2.07. The highest BCUT2D eigenvalue weighted by Crippen LogP contribution is 2.25. The van der Waals surface area contributed by atoms with Gasteiger partial charge in [-0.15, -0.1) is 0 Å². The summed E-state index contributed by atoms with van der Waals surface area (Å²) in [6, 6.07) is 8.10. The molecule has 3 rings (SSSR count). The van der Waals surface area contributed by atoms with Crippen LogP contribution in [0.25, 0.3) is 11.0 Å². The maximum absolute atomic E-state index is 5.39. The number of nitrogens with one attached hydrogen (secondary N) is 3. The van der Waals surface area contributed by atoms with E-state index < -0.39 is 0 Å². The zero-order valence-corrected chi connectivity index (χ0v) is 11.0. The highest BCUT2D eigenvalue weighted by Gasteiger charge is 2.10. The summed E-state index contributed by atoms with van der Waals surface area (Å²) < 4.78 is 0. The number of hydrogen-bond acceptors (Lipinski definition) is 6. The lowest BCUT2D eigenvalue weighted by Gasteiger charge is -2.11. The molecule has 0 spiro atoms. The number of nitrogens with two attached hydrogens (primary N) is 1. The molecule has 0 saturated heterocycles. The predicted molar refractivity (Wildman–Crippen MR) is 78.6 cm³/mol. The van der Waals surface area contributed by atoms with E-state index in [9.17, 15) is 0 Å². The summed E-state index contributed by atoms with van der Waals surface area (Å²) in [5.74, 6) is 6.39. The number of benzene rings is 1. The monoisotopic (exact) mass is 269 g/mol. The molecule has 7 heteroatoms. The number of anilines is 3. The van der Waals surface area contributed by atoms with Gasteiger partial charge in [0.1, 0.15) is 5.82 Å². The second-order valence-corrected chi connectivity index (χ2v) is 4.31. The van der Waals surface area contributed by atoms with Crippen molar-refractivity contribution in [2.24, 2.45) is 5.84 Å². The van der Waals surface area contributed by atoms with Crippen molar-refractivity contribution >= 4 is 28.5 Å². The summed E-state index contributed by atoms with van der Waals surface area (Å²) in [6.07, 6.45) is 2.62. The van der Waals surface area contributed by atoms with Crippen LogP contribution in [0.15, 0.2) is 30.5 Å². The summed E-state index contributed by atoms with van der Waals surface area (Å²) >= 11 is 0. The normalized spacial score (nSPS) is 10.7. The van der Waals surface area contributed by atoms with Gasteiger partial charge in [0.05, 0.1) is 11.6 Å². The van der Waals surface area contributed by atoms with Crippen LogP contribution in [0.2, 0.25) is 0 Å². The maximum Gasteiger partial charge on any atom is 0.241 e. The molecule has 2 aromatic heterocycles. The number of aryl methyl sites for hydroxylation is 1. The molecule has 0 aliphatic heterocycles. The first-order chi connectivity index (χ1) is 9.81. The van der Waals surface area contributed by atoms with Crippen molar-refractivity contribution in [2.75, 3.05) is 10.7 Å². The van der Waals surface area contributed by atoms with Crippen LogP contribution in [-0.2, 0) is 6.42 Å². The Labute approximate surface area is 115 Å². The smallest absolute Gasteiger partial charge is 0.241 e. The van der Waals surface area contributed by atoms with Crippen LogP contribution in [-0.4, -0.2) is 20.2 Å². The van der Waals surface area contributed by atoms with Gasteiger partial charge in [-0.3, -0.25) is 10.5 Å². The van der Waals surface area contributed by atoms with Gasteiger partial charge in [-0.25, -0.2) is 5.84 Å². The molecular weight excluding hydrogens is 254 g/mol. The minimum Gasteiger partial charge on any atom is -0.339 e. The zero-order valence-electron chi connectivity index (χ0n) is 11.0. The number of H-pyrrole nitrogens is 1. The molecule has 7 nitrogen and oxygen atoms in total. The molecule has 0 fully saturated rings. The second kappa shape index (κ2) is 5.14. The van der Waals surface area contributed by atoms with Crippen LogP contribution in [0.3, 0.4) is 0 Å². The first-order valence-corrected chi connectivity index (χ1v) is 6.34. The van der Waals surface area contributed by atoms with Crippen LogP contribution in [0.5, 0.6) is 0 Å². The number of aromatic amines is 1. The number of nitrogens with zero attached hydrogens (tertiary/aromatic N) is 3. The van der Waals surface area contributed by atoms with Crippen LogP contribution in [0, 0.1) is 0 Å². The number of nitrogen functional groups attached to an aromatic ring is 1. The molecule has 0 saturated carbocycles. The highest BCUT2D eigenvalue weighted by molar-refractivity contribution is 5.89. The number of rotatable bonds is 4. The molecule has 0 unspecified atom stereocenters. The molecule has 1 aromatic carbocycles. The van der Waals surface area contributed by atoms with E-state index in [1.807, 2.05) is 18.2 Å². The van der Waals surface area contributed by atoms with E-state index >= 15 is 0 Å². The Kier molecular flexibility index (Phi) is 3.18. The number of fused-ring (bicyclic) bond motifs is 1. The number of hydrazine groups is 1. The molecule has 0 amide bonds. The van der Waals surface area contributed by atoms with E-state index in [2.05, 4.69) is 43.9 Å². The quantitative estimate of drug-likeness (QED) is 0.426. The predicted octanol–water partition coefficient (Wildman–Crippen LogP) is 1.94. The molecule has 20 heavy (non-hydrogen) atoms. The maximum atomic E-state index is 5.39. The van der Waals surface area contributed by atoms with E-state index in [1.54, 1.807) is 6.20 Å². The summed E-state index contributed by atoms with van der Waals surface area (Å²) in [5.41, 5.74) is 5.31. The topological polar surface area (TPSA) is 105 Å². The van der Waals surface area contributed by atoms with Crippen molar-refractivity contribution in [2.45, 2.75) is 13.3 Å². The van der Waals surface area contributed by atoms with Gasteiger partial charge >= 0.3 is 0 Å². The zero-order chi connectivity index (χ0) is 13.9. The van der Waals surface area contributed by atoms with Gasteiger partial charge in [-0.1, -0.05) is 25.1 Å². The molecule has 0 radical (unpaired) electrons. The third-order valence-corrected chi connectivity index (χ3v) is 3.09. The Bertz CT molecular complexity index is 734. The van der Waals surface area contributed by atoms with Crippen molar-refractivity contribution in [3.05, 3.63) is 36.0 Å². The van der Waals surface area contributed by atoms with Gasteiger partial charge in [0.2, 0.25) is 5.95 Å². The van der Waals surface area contributed by atoms with Crippen molar-refractivity contribution in [1.82, 2.24) is 20.2 Å². The Morgan fingerprint density at radius 2 is 2.10 bits per heavy atom. The van der Waals surface area contributed by atoms with Gasteiger partial charge in [-0.05, 0) is 18.1 Å². The number of aromatic nitrogens is 4. The molecule has 0 aliphatic rings. The fourth-order valence-corrected chi connectivity index (χ4v) is 2.07. The minimum atomic E-state index is 0.332. The van der Waals surface area contributed by atoms with Crippen LogP contribution < -0.4 is 16.6 Å². The van der Waals surface area contributed by atoms with Crippen LogP contribution >= 0.6 is 0 Å². The minimum absolute atomic E-state index is 0.332. The molecular formula is C13H15N7. The summed E-state index contributed by atoms with van der Waals surface area (Å²) in [5, 5.41) is 10.9. The lowest BCUT2D eigenvalue weighted by atomic mass is 10.1. The van der Waals surface area contributed by atoms with E-state index in [0.717, 1.165) is 17.5 Å². The Hall–Kier alpha value is -2.67. The molecule has 0 atom stereocenters. The summed E-state index contributed by atoms with van der Waals surface area (Å²) in [6.45, 7) is 2.11. The van der Waals surface area contributed by atoms with Gasteiger partial charge in [0, 0.05) is 5.69 Å². The standard InChI is InChI=1S/C13H15N7/c1-2-8-5-3-4-6-10(8)16-11-9-7-15-20-12(9)18-13(17-11)19-14/h3-7H,2,14H2,1H3,(H3,15,16,17,18,19,20). The average Bonchev–Trinajstić information content (AvgIpc) is 2.96. The van der Waals surface area contributed by atoms with Gasteiger partial charge in [0.25, 0.3) is 0 Å². The summed E-state index contributed by atoms with van der Waals surface area (Å²) in [7, 11) is 0. The molecule has 3 aromatic rings. The van der Waals surface area contributed by atoms with Gasteiger partial charge in [-0.2, -0.15) is 15.1 Å². The first kappa shape index (κ1) is 12.4. The van der Waals surface area contributed by atoms with Crippen molar-refractivity contribution in [3.8, 4) is 0 Å². The third kappa shape index (κ3) is 2.14. The van der Waals surface area contributed by atoms with E-state index in [0.29, 0.717) is 17.4 Å².